The average molecular weight is 451 g/mol. The van der Waals surface area contributed by atoms with Gasteiger partial charge in [0.05, 0.1) is 10.5 Å². The number of benzene rings is 2. The Labute approximate surface area is 155 Å². The summed E-state index contributed by atoms with van der Waals surface area (Å²) in [4.78, 5) is 47.9. The molecule has 0 atom stereocenters. The molecule has 0 bridgehead atoms. The second-order valence-electron chi connectivity index (χ2n) is 5.21. The van der Waals surface area contributed by atoms with E-state index in [9.17, 15) is 24.5 Å². The fourth-order valence-corrected chi connectivity index (χ4v) is 2.85. The number of halogens is 1. The summed E-state index contributed by atoms with van der Waals surface area (Å²) in [6, 6.07) is 10.8. The molecule has 0 aliphatic carbocycles. The second kappa shape index (κ2) is 6.59. The summed E-state index contributed by atoms with van der Waals surface area (Å²) in [7, 11) is 0. The van der Waals surface area contributed by atoms with Gasteiger partial charge in [0, 0.05) is 15.3 Å². The number of carbonyl (C=O) groups excluding carboxylic acids is 3. The van der Waals surface area contributed by atoms with E-state index < -0.39 is 34.9 Å². The first-order valence-electron chi connectivity index (χ1n) is 7.07. The van der Waals surface area contributed by atoms with Gasteiger partial charge in [-0.2, -0.15) is 0 Å². The number of hydrogen-bond acceptors (Lipinski definition) is 5. The molecule has 0 spiro atoms. The third-order valence-electron chi connectivity index (χ3n) is 3.60. The highest BCUT2D eigenvalue weighted by atomic mass is 127. The lowest BCUT2D eigenvalue weighted by Crippen LogP contribution is -2.37. The fourth-order valence-electron chi connectivity index (χ4n) is 2.49. The number of nitrogens with one attached hydrogen (secondary N) is 1. The Morgan fingerprint density at radius 2 is 1.80 bits per heavy atom. The van der Waals surface area contributed by atoms with E-state index in [0.717, 1.165) is 9.64 Å². The van der Waals surface area contributed by atoms with Gasteiger partial charge < -0.3 is 5.32 Å². The molecule has 1 aliphatic heterocycles. The summed E-state index contributed by atoms with van der Waals surface area (Å²) in [5.41, 5.74) is -0.273. The van der Waals surface area contributed by atoms with E-state index in [1.807, 2.05) is 0 Å². The highest BCUT2D eigenvalue weighted by Crippen LogP contribution is 2.30. The van der Waals surface area contributed by atoms with Gasteiger partial charge in [-0.25, -0.2) is 0 Å². The summed E-state index contributed by atoms with van der Waals surface area (Å²) in [6.45, 7) is -0.518. The van der Waals surface area contributed by atoms with Gasteiger partial charge in [0.25, 0.3) is 17.5 Å². The van der Waals surface area contributed by atoms with Crippen molar-refractivity contribution in [3.8, 4) is 0 Å². The number of rotatable bonds is 4. The molecule has 126 valence electrons. The van der Waals surface area contributed by atoms with E-state index in [2.05, 4.69) is 27.9 Å². The highest BCUT2D eigenvalue weighted by molar-refractivity contribution is 14.1. The van der Waals surface area contributed by atoms with Crippen LogP contribution in [-0.2, 0) is 4.79 Å². The van der Waals surface area contributed by atoms with Crippen LogP contribution in [0.2, 0.25) is 0 Å². The van der Waals surface area contributed by atoms with Crippen LogP contribution in [-0.4, -0.2) is 34.1 Å². The molecule has 0 aromatic heterocycles. The Bertz CT molecular complexity index is 910. The Hall–Kier alpha value is -2.82. The molecule has 3 rings (SSSR count). The predicted molar refractivity (Wildman–Crippen MR) is 96.3 cm³/mol. The summed E-state index contributed by atoms with van der Waals surface area (Å²) in [5, 5.41) is 13.6. The van der Waals surface area contributed by atoms with E-state index in [-0.39, 0.29) is 11.1 Å². The van der Waals surface area contributed by atoms with Crippen LogP contribution in [0.4, 0.5) is 11.4 Å². The molecule has 1 N–H and O–H groups in total. The zero-order chi connectivity index (χ0) is 18.1. The molecule has 0 saturated heterocycles. The van der Waals surface area contributed by atoms with E-state index in [0.29, 0.717) is 10.6 Å². The maximum absolute atomic E-state index is 12.4. The molecule has 2 aromatic carbocycles. The number of hydrogen-bond donors (Lipinski definition) is 1. The van der Waals surface area contributed by atoms with E-state index in [1.54, 1.807) is 24.3 Å². The Kier molecular flexibility index (Phi) is 4.49. The maximum atomic E-state index is 12.4. The van der Waals surface area contributed by atoms with Crippen molar-refractivity contribution in [1.82, 2.24) is 4.90 Å². The van der Waals surface area contributed by atoms with Crippen molar-refractivity contribution in [2.45, 2.75) is 0 Å². The normalized spacial score (nSPS) is 12.9. The van der Waals surface area contributed by atoms with Crippen LogP contribution in [0, 0.1) is 13.7 Å². The standard InChI is InChI=1S/C16H10IN3O5/c17-9-4-6-10(7-5-9)18-13(21)8-19-15(22)11-2-1-3-12(20(24)25)14(11)16(19)23/h1-7H,8H2,(H,18,21). The van der Waals surface area contributed by atoms with Gasteiger partial charge in [-0.1, -0.05) is 6.07 Å². The van der Waals surface area contributed by atoms with Crippen molar-refractivity contribution in [1.29, 1.82) is 0 Å². The van der Waals surface area contributed by atoms with Crippen LogP contribution in [0.25, 0.3) is 0 Å². The number of imide groups is 1. The van der Waals surface area contributed by atoms with Crippen molar-refractivity contribution in [2.24, 2.45) is 0 Å². The molecule has 2 aromatic rings. The van der Waals surface area contributed by atoms with E-state index in [4.69, 9.17) is 0 Å². The molecular formula is C16H10IN3O5. The molecule has 1 aliphatic rings. The summed E-state index contributed by atoms with van der Waals surface area (Å²) in [6.07, 6.45) is 0. The summed E-state index contributed by atoms with van der Waals surface area (Å²) in [5.74, 6) is -2.13. The molecular weight excluding hydrogens is 441 g/mol. The number of amides is 3. The van der Waals surface area contributed by atoms with Gasteiger partial charge in [0.15, 0.2) is 0 Å². The fraction of sp³-hybridized carbons (Fsp3) is 0.0625. The van der Waals surface area contributed by atoms with Gasteiger partial charge >= 0.3 is 0 Å². The van der Waals surface area contributed by atoms with Crippen LogP contribution in [0.15, 0.2) is 42.5 Å². The van der Waals surface area contributed by atoms with Gasteiger partial charge in [-0.3, -0.25) is 29.4 Å². The zero-order valence-electron chi connectivity index (χ0n) is 12.6. The lowest BCUT2D eigenvalue weighted by molar-refractivity contribution is -0.385. The third-order valence-corrected chi connectivity index (χ3v) is 4.32. The molecule has 0 radical (unpaired) electrons. The number of anilines is 1. The third kappa shape index (κ3) is 3.22. The lowest BCUT2D eigenvalue weighted by atomic mass is 10.1. The van der Waals surface area contributed by atoms with E-state index in [1.165, 1.54) is 12.1 Å². The quantitative estimate of drug-likeness (QED) is 0.333. The van der Waals surface area contributed by atoms with Crippen molar-refractivity contribution in [2.75, 3.05) is 11.9 Å². The lowest BCUT2D eigenvalue weighted by Gasteiger charge is -2.13. The smallest absolute Gasteiger partial charge is 0.282 e. The van der Waals surface area contributed by atoms with Crippen molar-refractivity contribution < 1.29 is 19.3 Å². The number of nitrogens with zero attached hydrogens (tertiary/aromatic N) is 2. The molecule has 0 fully saturated rings. The summed E-state index contributed by atoms with van der Waals surface area (Å²) >= 11 is 2.12. The zero-order valence-corrected chi connectivity index (χ0v) is 14.7. The number of carbonyl (C=O) groups is 3. The molecule has 25 heavy (non-hydrogen) atoms. The van der Waals surface area contributed by atoms with Crippen LogP contribution < -0.4 is 5.32 Å². The monoisotopic (exact) mass is 451 g/mol. The van der Waals surface area contributed by atoms with Gasteiger partial charge in [0.1, 0.15) is 12.1 Å². The molecule has 9 heteroatoms. The van der Waals surface area contributed by atoms with Gasteiger partial charge in [0.2, 0.25) is 5.91 Å². The first-order chi connectivity index (χ1) is 11.9. The molecule has 3 amide bonds. The number of nitro benzene ring substituents is 1. The van der Waals surface area contributed by atoms with Crippen LogP contribution >= 0.6 is 22.6 Å². The van der Waals surface area contributed by atoms with Crippen LogP contribution in [0.3, 0.4) is 0 Å². The molecule has 8 nitrogen and oxygen atoms in total. The highest BCUT2D eigenvalue weighted by Gasteiger charge is 2.41. The maximum Gasteiger partial charge on any atom is 0.282 e. The molecule has 0 unspecified atom stereocenters. The largest absolute Gasteiger partial charge is 0.325 e. The summed E-state index contributed by atoms with van der Waals surface area (Å²) < 4.78 is 0.989. The van der Waals surface area contributed by atoms with Crippen molar-refractivity contribution in [3.63, 3.8) is 0 Å². The van der Waals surface area contributed by atoms with Crippen molar-refractivity contribution >= 4 is 51.7 Å². The first-order valence-corrected chi connectivity index (χ1v) is 8.15. The van der Waals surface area contributed by atoms with Crippen LogP contribution in [0.1, 0.15) is 20.7 Å². The molecule has 1 heterocycles. The van der Waals surface area contributed by atoms with E-state index >= 15 is 0 Å². The molecule has 0 saturated carbocycles. The minimum atomic E-state index is -0.843. The SMILES string of the molecule is O=C(CN1C(=O)c2cccc([N+](=O)[O-])c2C1=O)Nc1ccc(I)cc1. The van der Waals surface area contributed by atoms with Gasteiger partial charge in [-0.05, 0) is 52.9 Å². The predicted octanol–water partition coefficient (Wildman–Crippen LogP) is 2.43. The van der Waals surface area contributed by atoms with Gasteiger partial charge in [-0.15, -0.1) is 0 Å². The topological polar surface area (TPSA) is 110 Å². The Morgan fingerprint density at radius 3 is 2.44 bits per heavy atom. The minimum Gasteiger partial charge on any atom is -0.325 e. The second-order valence-corrected chi connectivity index (χ2v) is 6.45. The average Bonchev–Trinajstić information content (AvgIpc) is 2.82. The number of fused-ring (bicyclic) bond motifs is 1. The van der Waals surface area contributed by atoms with Crippen molar-refractivity contribution in [3.05, 3.63) is 67.3 Å². The Balaban J connectivity index is 1.80. The van der Waals surface area contributed by atoms with Crippen LogP contribution in [0.5, 0.6) is 0 Å². The minimum absolute atomic E-state index is 0.0683. The first kappa shape index (κ1) is 17.0. The Morgan fingerprint density at radius 1 is 1.12 bits per heavy atom. The number of nitro groups is 1.